The van der Waals surface area contributed by atoms with Crippen molar-refractivity contribution < 1.29 is 0 Å². The number of imidazole rings is 1. The van der Waals surface area contributed by atoms with Crippen LogP contribution in [0.2, 0.25) is 5.02 Å². The first-order chi connectivity index (χ1) is 10.1. The topological polar surface area (TPSA) is 17.8 Å². The largest absolute Gasteiger partial charge is 0.324 e. The lowest BCUT2D eigenvalue weighted by Gasteiger charge is -2.30. The number of halogens is 2. The number of rotatable bonds is 3. The van der Waals surface area contributed by atoms with Gasteiger partial charge in [-0.15, -0.1) is 11.6 Å². The van der Waals surface area contributed by atoms with Crippen molar-refractivity contribution in [2.45, 2.75) is 57.4 Å². The van der Waals surface area contributed by atoms with Crippen molar-refractivity contribution >= 4 is 34.2 Å². The molecule has 1 atom stereocenters. The second-order valence-corrected chi connectivity index (χ2v) is 7.26. The lowest BCUT2D eigenvalue weighted by Crippen LogP contribution is -2.19. The summed E-state index contributed by atoms with van der Waals surface area (Å²) in [7, 11) is 0. The molecule has 1 saturated carbocycles. The Morgan fingerprint density at radius 3 is 2.62 bits per heavy atom. The number of nitrogens with zero attached hydrogens (tertiary/aromatic N) is 2. The predicted octanol–water partition coefficient (Wildman–Crippen LogP) is 6.13. The fourth-order valence-electron chi connectivity index (χ4n) is 3.56. The van der Waals surface area contributed by atoms with E-state index in [4.69, 9.17) is 28.2 Å². The standard InChI is InChI=1S/C17H22Cl2N2/c1-3-12-4-7-14(8-5-12)21-16-10-13(19)6-9-15(16)20-17(21)11(2)18/h6,9-12,14H,3-5,7-8H2,1-2H3. The maximum absolute atomic E-state index is 6.38. The molecule has 0 N–H and O–H groups in total. The second-order valence-electron chi connectivity index (χ2n) is 6.17. The SMILES string of the molecule is CCC1CCC(n2c(C(C)Cl)nc3ccc(Cl)cc32)CC1. The maximum Gasteiger partial charge on any atom is 0.127 e. The Hall–Kier alpha value is -0.730. The van der Waals surface area contributed by atoms with Gasteiger partial charge in [-0.3, -0.25) is 0 Å². The third-order valence-electron chi connectivity index (χ3n) is 4.79. The van der Waals surface area contributed by atoms with Gasteiger partial charge in [0.1, 0.15) is 5.82 Å². The van der Waals surface area contributed by atoms with Crippen LogP contribution in [0.15, 0.2) is 18.2 Å². The van der Waals surface area contributed by atoms with E-state index in [-0.39, 0.29) is 5.38 Å². The highest BCUT2D eigenvalue weighted by atomic mass is 35.5. The van der Waals surface area contributed by atoms with Gasteiger partial charge in [0.2, 0.25) is 0 Å². The number of aromatic nitrogens is 2. The van der Waals surface area contributed by atoms with Crippen molar-refractivity contribution in [1.29, 1.82) is 0 Å². The molecule has 21 heavy (non-hydrogen) atoms. The molecule has 1 aliphatic rings. The summed E-state index contributed by atoms with van der Waals surface area (Å²) in [5.74, 6) is 1.87. The summed E-state index contributed by atoms with van der Waals surface area (Å²) < 4.78 is 2.35. The molecule has 1 aliphatic carbocycles. The molecule has 1 heterocycles. The summed E-state index contributed by atoms with van der Waals surface area (Å²) in [4.78, 5) is 4.74. The van der Waals surface area contributed by atoms with Crippen LogP contribution in [0.3, 0.4) is 0 Å². The molecule has 114 valence electrons. The van der Waals surface area contributed by atoms with Gasteiger partial charge in [0.25, 0.3) is 0 Å². The van der Waals surface area contributed by atoms with E-state index in [2.05, 4.69) is 11.5 Å². The van der Waals surface area contributed by atoms with Gasteiger partial charge in [0.15, 0.2) is 0 Å². The Morgan fingerprint density at radius 1 is 1.29 bits per heavy atom. The lowest BCUT2D eigenvalue weighted by atomic mass is 9.84. The third kappa shape index (κ3) is 2.93. The van der Waals surface area contributed by atoms with Crippen molar-refractivity contribution in [2.75, 3.05) is 0 Å². The fourth-order valence-corrected chi connectivity index (χ4v) is 3.88. The molecule has 4 heteroatoms. The minimum Gasteiger partial charge on any atom is -0.324 e. The van der Waals surface area contributed by atoms with Crippen LogP contribution in [-0.2, 0) is 0 Å². The van der Waals surface area contributed by atoms with E-state index in [1.54, 1.807) is 0 Å². The van der Waals surface area contributed by atoms with Gasteiger partial charge in [-0.25, -0.2) is 4.98 Å². The Morgan fingerprint density at radius 2 is 2.00 bits per heavy atom. The average Bonchev–Trinajstić information content (AvgIpc) is 2.86. The summed E-state index contributed by atoms with van der Waals surface area (Å²) >= 11 is 12.6. The fraction of sp³-hybridized carbons (Fsp3) is 0.588. The van der Waals surface area contributed by atoms with E-state index in [1.165, 1.54) is 32.1 Å². The molecule has 0 spiro atoms. The van der Waals surface area contributed by atoms with Crippen molar-refractivity contribution in [3.05, 3.63) is 29.0 Å². The maximum atomic E-state index is 6.38. The Kier molecular flexibility index (Phi) is 4.46. The number of benzene rings is 1. The summed E-state index contributed by atoms with van der Waals surface area (Å²) in [5.41, 5.74) is 2.13. The lowest BCUT2D eigenvalue weighted by molar-refractivity contribution is 0.269. The molecule has 2 aromatic rings. The van der Waals surface area contributed by atoms with Crippen LogP contribution in [0, 0.1) is 5.92 Å². The van der Waals surface area contributed by atoms with Crippen LogP contribution in [0.1, 0.15) is 63.2 Å². The summed E-state index contributed by atoms with van der Waals surface area (Å²) in [5, 5.41) is 0.680. The summed E-state index contributed by atoms with van der Waals surface area (Å²) in [6, 6.07) is 6.43. The zero-order valence-electron chi connectivity index (χ0n) is 12.6. The molecule has 1 aromatic heterocycles. The van der Waals surface area contributed by atoms with E-state index < -0.39 is 0 Å². The van der Waals surface area contributed by atoms with Gasteiger partial charge in [-0.1, -0.05) is 24.9 Å². The van der Waals surface area contributed by atoms with Gasteiger partial charge in [0, 0.05) is 11.1 Å². The van der Waals surface area contributed by atoms with Crippen LogP contribution in [0.25, 0.3) is 11.0 Å². The Bertz CT molecular complexity index is 625. The number of alkyl halides is 1. The van der Waals surface area contributed by atoms with Crippen molar-refractivity contribution in [1.82, 2.24) is 9.55 Å². The molecule has 0 radical (unpaired) electrons. The van der Waals surface area contributed by atoms with Crippen molar-refractivity contribution in [3.8, 4) is 0 Å². The van der Waals surface area contributed by atoms with Gasteiger partial charge in [-0.2, -0.15) is 0 Å². The van der Waals surface area contributed by atoms with E-state index in [0.717, 1.165) is 27.8 Å². The van der Waals surface area contributed by atoms with E-state index in [0.29, 0.717) is 6.04 Å². The normalized spacial score (nSPS) is 24.4. The zero-order valence-corrected chi connectivity index (χ0v) is 14.2. The molecule has 0 aliphatic heterocycles. The molecule has 2 nitrogen and oxygen atoms in total. The quantitative estimate of drug-likeness (QED) is 0.621. The molecule has 0 saturated heterocycles. The van der Waals surface area contributed by atoms with Crippen LogP contribution >= 0.6 is 23.2 Å². The Labute approximate surface area is 136 Å². The Balaban J connectivity index is 2.03. The third-order valence-corrected chi connectivity index (χ3v) is 5.22. The number of hydrogen-bond donors (Lipinski definition) is 0. The average molecular weight is 325 g/mol. The first-order valence-electron chi connectivity index (χ1n) is 7.91. The molecule has 3 rings (SSSR count). The highest BCUT2D eigenvalue weighted by molar-refractivity contribution is 6.31. The molecule has 0 amide bonds. The van der Waals surface area contributed by atoms with Gasteiger partial charge >= 0.3 is 0 Å². The van der Waals surface area contributed by atoms with Crippen molar-refractivity contribution in [2.24, 2.45) is 5.92 Å². The van der Waals surface area contributed by atoms with Crippen molar-refractivity contribution in [3.63, 3.8) is 0 Å². The molecular weight excluding hydrogens is 303 g/mol. The first kappa shape index (κ1) is 15.2. The van der Waals surface area contributed by atoms with E-state index >= 15 is 0 Å². The zero-order chi connectivity index (χ0) is 15.0. The van der Waals surface area contributed by atoms with Crippen LogP contribution in [0.4, 0.5) is 0 Å². The van der Waals surface area contributed by atoms with Gasteiger partial charge in [0.05, 0.1) is 16.4 Å². The molecule has 1 aromatic carbocycles. The minimum absolute atomic E-state index is 0.0833. The monoisotopic (exact) mass is 324 g/mol. The molecule has 1 unspecified atom stereocenters. The predicted molar refractivity (Wildman–Crippen MR) is 90.3 cm³/mol. The van der Waals surface area contributed by atoms with Crippen LogP contribution in [-0.4, -0.2) is 9.55 Å². The van der Waals surface area contributed by atoms with Crippen LogP contribution in [0.5, 0.6) is 0 Å². The molecule has 1 fully saturated rings. The highest BCUT2D eigenvalue weighted by Gasteiger charge is 2.26. The summed E-state index contributed by atoms with van der Waals surface area (Å²) in [6.07, 6.45) is 6.33. The highest BCUT2D eigenvalue weighted by Crippen LogP contribution is 2.38. The van der Waals surface area contributed by atoms with E-state index in [9.17, 15) is 0 Å². The van der Waals surface area contributed by atoms with Crippen LogP contribution < -0.4 is 0 Å². The first-order valence-corrected chi connectivity index (χ1v) is 8.73. The van der Waals surface area contributed by atoms with Gasteiger partial charge < -0.3 is 4.57 Å². The second kappa shape index (κ2) is 6.18. The van der Waals surface area contributed by atoms with Gasteiger partial charge in [-0.05, 0) is 56.7 Å². The molecular formula is C17H22Cl2N2. The number of fused-ring (bicyclic) bond motifs is 1. The molecule has 0 bridgehead atoms. The number of hydrogen-bond acceptors (Lipinski definition) is 1. The summed E-state index contributed by atoms with van der Waals surface area (Å²) in [6.45, 7) is 4.29. The smallest absolute Gasteiger partial charge is 0.127 e. The van der Waals surface area contributed by atoms with E-state index in [1.807, 2.05) is 25.1 Å². The minimum atomic E-state index is -0.0833.